The van der Waals surface area contributed by atoms with Gasteiger partial charge in [0, 0.05) is 11.9 Å². The van der Waals surface area contributed by atoms with Crippen LogP contribution in [0.1, 0.15) is 29.7 Å². The summed E-state index contributed by atoms with van der Waals surface area (Å²) in [5.41, 5.74) is 7.78. The van der Waals surface area contributed by atoms with Crippen LogP contribution in [-0.2, 0) is 32.3 Å². The first-order valence-corrected chi connectivity index (χ1v) is 9.84. The van der Waals surface area contributed by atoms with E-state index in [2.05, 4.69) is 46.4 Å². The minimum Gasteiger partial charge on any atom is -0.506 e. The minimum atomic E-state index is 0. The second-order valence-electron chi connectivity index (χ2n) is 7.40. The number of fused-ring (bicyclic) bond motifs is 1. The maximum absolute atomic E-state index is 9.60. The van der Waals surface area contributed by atoms with Crippen molar-refractivity contribution in [2.75, 3.05) is 0 Å². The molecule has 1 aromatic carbocycles. The van der Waals surface area contributed by atoms with Gasteiger partial charge in [-0.1, -0.05) is 47.6 Å². The van der Waals surface area contributed by atoms with E-state index in [0.717, 1.165) is 5.69 Å². The van der Waals surface area contributed by atoms with Crippen molar-refractivity contribution in [3.8, 4) is 22.9 Å². The van der Waals surface area contributed by atoms with Crippen molar-refractivity contribution >= 4 is 12.4 Å². The fraction of sp³-hybridized carbons (Fsp3) is 0.200. The Morgan fingerprint density at radius 3 is 1.90 bits per heavy atom. The fourth-order valence-corrected chi connectivity index (χ4v) is 3.80. The van der Waals surface area contributed by atoms with Crippen molar-refractivity contribution in [2.24, 2.45) is 0 Å². The van der Waals surface area contributed by atoms with Gasteiger partial charge in [-0.15, -0.1) is 12.4 Å². The summed E-state index contributed by atoms with van der Waals surface area (Å²) in [5.74, 6) is 0.0144. The van der Waals surface area contributed by atoms with Crippen LogP contribution in [0.4, 0.5) is 0 Å². The second-order valence-corrected chi connectivity index (χ2v) is 7.40. The van der Waals surface area contributed by atoms with E-state index in [1.165, 1.54) is 37.8 Å². The van der Waals surface area contributed by atoms with Gasteiger partial charge in [-0.2, -0.15) is 0 Å². The van der Waals surface area contributed by atoms with Crippen LogP contribution < -0.4 is 0 Å². The average Bonchev–Trinajstić information content (AvgIpc) is 2.75. The standard InChI is InChI=1S/C14H14.C11H10N2O2.ClH.Ru/c1-2-6-12-10-14-8-4-3-7-13(14)9-11(12)5-1;1-7-4-5-9(15)11(13-7)10-8(14)3-2-6-12-10;;/h1-6H,7-10H2;2-6,14-15H,1H3;1H;/q;;;+3. The zero-order valence-electron chi connectivity index (χ0n) is 17.2. The fourth-order valence-electron chi connectivity index (χ4n) is 3.80. The van der Waals surface area contributed by atoms with E-state index >= 15 is 0 Å². The third-order valence-electron chi connectivity index (χ3n) is 5.35. The number of hydrogen-bond donors (Lipinski definition) is 2. The van der Waals surface area contributed by atoms with E-state index in [1.54, 1.807) is 40.6 Å². The number of hydrogen-bond acceptors (Lipinski definition) is 4. The van der Waals surface area contributed by atoms with Crippen LogP contribution in [0.25, 0.3) is 11.4 Å². The maximum atomic E-state index is 9.60. The van der Waals surface area contributed by atoms with Gasteiger partial charge in [0.2, 0.25) is 0 Å². The first kappa shape index (κ1) is 24.8. The number of aryl methyl sites for hydroxylation is 1. The van der Waals surface area contributed by atoms with Gasteiger partial charge < -0.3 is 10.2 Å². The van der Waals surface area contributed by atoms with Crippen LogP contribution >= 0.6 is 12.4 Å². The number of benzene rings is 1. The molecule has 0 fully saturated rings. The Hall–Kier alpha value is -2.49. The summed E-state index contributed by atoms with van der Waals surface area (Å²) in [6.07, 6.45) is 10.9. The molecule has 3 aromatic rings. The number of aromatic nitrogens is 2. The number of pyridine rings is 2. The molecular formula is C25H25ClN2O2Ru+3. The molecule has 0 bridgehead atoms. The molecule has 6 heteroatoms. The van der Waals surface area contributed by atoms with Crippen LogP contribution in [-0.4, -0.2) is 20.2 Å². The van der Waals surface area contributed by atoms with Gasteiger partial charge in [-0.25, -0.2) is 4.98 Å². The molecule has 2 aromatic heterocycles. The number of aromatic hydroxyl groups is 2. The van der Waals surface area contributed by atoms with Crippen molar-refractivity contribution in [3.63, 3.8) is 0 Å². The van der Waals surface area contributed by atoms with Gasteiger partial charge in [-0.05, 0) is 68.0 Å². The summed E-state index contributed by atoms with van der Waals surface area (Å²) in [7, 11) is 0. The van der Waals surface area contributed by atoms with E-state index < -0.39 is 0 Å². The monoisotopic (exact) mass is 522 g/mol. The predicted octanol–water partition coefficient (Wildman–Crippen LogP) is 5.71. The van der Waals surface area contributed by atoms with E-state index in [1.807, 2.05) is 6.92 Å². The Balaban J connectivity index is 0.000000207. The van der Waals surface area contributed by atoms with E-state index in [9.17, 15) is 10.2 Å². The summed E-state index contributed by atoms with van der Waals surface area (Å²) in [6, 6.07) is 15.2. The molecule has 0 amide bonds. The van der Waals surface area contributed by atoms with E-state index in [4.69, 9.17) is 0 Å². The van der Waals surface area contributed by atoms with Gasteiger partial charge in [-0.3, -0.25) is 4.98 Å². The third kappa shape index (κ3) is 5.81. The zero-order chi connectivity index (χ0) is 20.2. The number of rotatable bonds is 1. The Bertz CT molecular complexity index is 1070. The van der Waals surface area contributed by atoms with Crippen molar-refractivity contribution in [1.82, 2.24) is 9.97 Å². The van der Waals surface area contributed by atoms with Gasteiger partial charge in [0.25, 0.3) is 0 Å². The van der Waals surface area contributed by atoms with Crippen molar-refractivity contribution in [2.45, 2.75) is 32.6 Å². The molecule has 31 heavy (non-hydrogen) atoms. The van der Waals surface area contributed by atoms with Crippen LogP contribution in [0.15, 0.2) is 78.0 Å². The maximum Gasteiger partial charge on any atom is 3.00 e. The predicted molar refractivity (Wildman–Crippen MR) is 122 cm³/mol. The molecule has 0 unspecified atom stereocenters. The molecule has 0 saturated carbocycles. The second kappa shape index (κ2) is 11.2. The molecule has 159 valence electrons. The van der Waals surface area contributed by atoms with Gasteiger partial charge in [0.1, 0.15) is 22.9 Å². The SMILES string of the molecule is C1=CCC2=C(C1)Cc1ccccc1C2.Cc1ccc(O)c(-c2ncccc2O)n1.Cl.[Ru+3]. The molecule has 1 radical (unpaired) electrons. The van der Waals surface area contributed by atoms with Crippen molar-refractivity contribution in [3.05, 3.63) is 94.8 Å². The van der Waals surface area contributed by atoms with Gasteiger partial charge >= 0.3 is 19.5 Å². The number of nitrogens with zero attached hydrogens (tertiary/aromatic N) is 2. The first-order valence-electron chi connectivity index (χ1n) is 9.84. The smallest absolute Gasteiger partial charge is 0.506 e. The molecule has 2 N–H and O–H groups in total. The number of allylic oxidation sites excluding steroid dienone is 4. The summed E-state index contributed by atoms with van der Waals surface area (Å²) in [4.78, 5) is 8.11. The van der Waals surface area contributed by atoms with E-state index in [0.29, 0.717) is 11.4 Å². The average molecular weight is 522 g/mol. The largest absolute Gasteiger partial charge is 3.00 e. The summed E-state index contributed by atoms with van der Waals surface area (Å²) >= 11 is 0. The van der Waals surface area contributed by atoms with Crippen LogP contribution in [0.3, 0.4) is 0 Å². The summed E-state index contributed by atoms with van der Waals surface area (Å²) < 4.78 is 0. The van der Waals surface area contributed by atoms with Crippen molar-refractivity contribution in [1.29, 1.82) is 0 Å². The zero-order valence-corrected chi connectivity index (χ0v) is 19.8. The summed E-state index contributed by atoms with van der Waals surface area (Å²) in [6.45, 7) is 1.81. The Morgan fingerprint density at radius 1 is 0.742 bits per heavy atom. The van der Waals surface area contributed by atoms with Crippen LogP contribution in [0.5, 0.6) is 11.5 Å². The number of halogens is 1. The molecule has 2 aliphatic carbocycles. The molecule has 0 saturated heterocycles. The minimum absolute atomic E-state index is 0. The Kier molecular flexibility index (Phi) is 8.97. The van der Waals surface area contributed by atoms with Crippen LogP contribution in [0, 0.1) is 6.92 Å². The topological polar surface area (TPSA) is 66.2 Å². The van der Waals surface area contributed by atoms with Crippen LogP contribution in [0.2, 0.25) is 0 Å². The normalized spacial score (nSPS) is 13.6. The quantitative estimate of drug-likeness (QED) is 0.318. The molecule has 0 aliphatic heterocycles. The molecule has 5 rings (SSSR count). The third-order valence-corrected chi connectivity index (χ3v) is 5.35. The van der Waals surface area contributed by atoms with Crippen molar-refractivity contribution < 1.29 is 29.7 Å². The molecule has 2 heterocycles. The summed E-state index contributed by atoms with van der Waals surface area (Å²) in [5, 5.41) is 19.2. The van der Waals surface area contributed by atoms with Gasteiger partial charge in [0.05, 0.1) is 0 Å². The Labute approximate surface area is 202 Å². The molecule has 2 aliphatic rings. The molecule has 0 spiro atoms. The molecule has 4 nitrogen and oxygen atoms in total. The molecular weight excluding hydrogens is 497 g/mol. The Morgan fingerprint density at radius 2 is 1.32 bits per heavy atom. The van der Waals surface area contributed by atoms with Gasteiger partial charge in [0.15, 0.2) is 0 Å². The first-order chi connectivity index (χ1) is 14.1. The molecule has 0 atom stereocenters. The van der Waals surface area contributed by atoms with E-state index in [-0.39, 0.29) is 43.4 Å².